The molecule has 0 aliphatic carbocycles. The number of fused-ring (bicyclic) bond motifs is 1. The summed E-state index contributed by atoms with van der Waals surface area (Å²) in [6.45, 7) is 8.72. The number of likely N-dealkylation sites (tertiary alicyclic amines) is 1. The van der Waals surface area contributed by atoms with Crippen LogP contribution in [-0.2, 0) is 6.42 Å². The molecule has 2 atom stereocenters. The molecule has 2 aromatic heterocycles. The van der Waals surface area contributed by atoms with Crippen LogP contribution in [0, 0.1) is 19.8 Å². The first-order chi connectivity index (χ1) is 12.1. The molecule has 1 aliphatic rings. The maximum atomic E-state index is 4.78. The molecule has 1 aromatic carbocycles. The van der Waals surface area contributed by atoms with Gasteiger partial charge in [0.2, 0.25) is 0 Å². The van der Waals surface area contributed by atoms with Crippen molar-refractivity contribution in [2.45, 2.75) is 39.7 Å². The maximum absolute atomic E-state index is 4.78. The molecule has 1 N–H and O–H groups in total. The number of hydrogen-bond acceptors (Lipinski definition) is 3. The van der Waals surface area contributed by atoms with E-state index in [-0.39, 0.29) is 0 Å². The fourth-order valence-corrected chi connectivity index (χ4v) is 4.10. The number of rotatable bonds is 4. The van der Waals surface area contributed by atoms with Gasteiger partial charge in [0.05, 0.1) is 17.1 Å². The van der Waals surface area contributed by atoms with E-state index < -0.39 is 0 Å². The molecule has 4 heteroatoms. The van der Waals surface area contributed by atoms with Gasteiger partial charge >= 0.3 is 0 Å². The van der Waals surface area contributed by atoms with Crippen LogP contribution in [0.5, 0.6) is 0 Å². The van der Waals surface area contributed by atoms with Crippen molar-refractivity contribution >= 4 is 11.0 Å². The van der Waals surface area contributed by atoms with Crippen molar-refractivity contribution in [2.24, 2.45) is 5.92 Å². The molecule has 0 spiro atoms. The number of aromatic amines is 1. The van der Waals surface area contributed by atoms with Gasteiger partial charge in [0, 0.05) is 17.9 Å². The summed E-state index contributed by atoms with van der Waals surface area (Å²) < 4.78 is 0. The first kappa shape index (κ1) is 16.3. The molecule has 1 aliphatic heterocycles. The summed E-state index contributed by atoms with van der Waals surface area (Å²) in [5, 5.41) is 0. The van der Waals surface area contributed by atoms with E-state index in [1.165, 1.54) is 12.0 Å². The van der Waals surface area contributed by atoms with Gasteiger partial charge in [-0.25, -0.2) is 4.98 Å². The Hall–Kier alpha value is -2.20. The van der Waals surface area contributed by atoms with Crippen molar-refractivity contribution in [1.29, 1.82) is 0 Å². The zero-order valence-electron chi connectivity index (χ0n) is 15.3. The average Bonchev–Trinajstić information content (AvgIpc) is 3.19. The highest BCUT2D eigenvalue weighted by Crippen LogP contribution is 2.29. The van der Waals surface area contributed by atoms with Crippen LogP contribution in [0.3, 0.4) is 0 Å². The smallest absolute Gasteiger partial charge is 0.124 e. The van der Waals surface area contributed by atoms with Crippen LogP contribution in [0.15, 0.2) is 36.4 Å². The maximum Gasteiger partial charge on any atom is 0.124 e. The number of imidazole rings is 1. The van der Waals surface area contributed by atoms with Crippen molar-refractivity contribution in [3.8, 4) is 0 Å². The van der Waals surface area contributed by atoms with Gasteiger partial charge in [-0.2, -0.15) is 0 Å². The Labute approximate surface area is 149 Å². The van der Waals surface area contributed by atoms with E-state index in [0.717, 1.165) is 47.8 Å². The molecule has 0 radical (unpaired) electrons. The molecule has 3 heterocycles. The van der Waals surface area contributed by atoms with Crippen LogP contribution in [0.2, 0.25) is 0 Å². The number of aromatic nitrogens is 3. The molecule has 4 rings (SSSR count). The second-order valence-electron chi connectivity index (χ2n) is 7.43. The predicted molar refractivity (Wildman–Crippen MR) is 102 cm³/mol. The van der Waals surface area contributed by atoms with Crippen LogP contribution in [-0.4, -0.2) is 32.9 Å². The molecule has 1 fully saturated rings. The Kier molecular flexibility index (Phi) is 4.30. The van der Waals surface area contributed by atoms with Crippen LogP contribution in [0.25, 0.3) is 11.0 Å². The third kappa shape index (κ3) is 3.45. The van der Waals surface area contributed by atoms with Crippen LogP contribution in [0.4, 0.5) is 0 Å². The molecule has 0 bridgehead atoms. The predicted octanol–water partition coefficient (Wildman–Crippen LogP) is 4.20. The minimum atomic E-state index is 0.332. The molecule has 1 saturated heterocycles. The molecular weight excluding hydrogens is 308 g/mol. The number of nitrogens with one attached hydrogen (secondary N) is 1. The molecule has 0 amide bonds. The third-order valence-corrected chi connectivity index (χ3v) is 5.33. The standard InChI is InChI=1S/C21H26N4/c1-14-10-18(11-15(2)22-14)12-17-8-9-25(13-17)16(3)21-23-19-6-4-5-7-20(19)24-21/h4-7,10-11,16-17H,8-9,12-13H2,1-3H3,(H,23,24). The van der Waals surface area contributed by atoms with Gasteiger partial charge in [-0.1, -0.05) is 12.1 Å². The first-order valence-corrected chi connectivity index (χ1v) is 9.21. The minimum Gasteiger partial charge on any atom is -0.341 e. The fraction of sp³-hybridized carbons (Fsp3) is 0.429. The van der Waals surface area contributed by atoms with Crippen molar-refractivity contribution < 1.29 is 0 Å². The van der Waals surface area contributed by atoms with Crippen molar-refractivity contribution in [3.05, 3.63) is 59.2 Å². The van der Waals surface area contributed by atoms with E-state index in [1.807, 2.05) is 6.07 Å². The van der Waals surface area contributed by atoms with Gasteiger partial charge < -0.3 is 4.98 Å². The lowest BCUT2D eigenvalue weighted by molar-refractivity contribution is 0.245. The van der Waals surface area contributed by atoms with Crippen LogP contribution < -0.4 is 0 Å². The summed E-state index contributed by atoms with van der Waals surface area (Å²) in [6.07, 6.45) is 2.40. The second-order valence-corrected chi connectivity index (χ2v) is 7.43. The quantitative estimate of drug-likeness (QED) is 0.778. The molecule has 3 aromatic rings. The summed E-state index contributed by atoms with van der Waals surface area (Å²) in [5.74, 6) is 1.80. The van der Waals surface area contributed by atoms with Crippen molar-refractivity contribution in [1.82, 2.24) is 19.9 Å². The lowest BCUT2D eigenvalue weighted by Crippen LogP contribution is -2.25. The topological polar surface area (TPSA) is 44.8 Å². The first-order valence-electron chi connectivity index (χ1n) is 9.21. The summed E-state index contributed by atoms with van der Waals surface area (Å²) in [7, 11) is 0. The van der Waals surface area contributed by atoms with E-state index in [2.05, 4.69) is 66.0 Å². The normalized spacial score (nSPS) is 19.6. The Morgan fingerprint density at radius 2 is 1.92 bits per heavy atom. The number of benzene rings is 1. The number of nitrogens with zero attached hydrogens (tertiary/aromatic N) is 3. The SMILES string of the molecule is Cc1cc(CC2CCN(C(C)c3nc4ccccc4[nH]3)C2)cc(C)n1. The minimum absolute atomic E-state index is 0.332. The molecule has 4 nitrogen and oxygen atoms in total. The largest absolute Gasteiger partial charge is 0.341 e. The van der Waals surface area contributed by atoms with Gasteiger partial charge in [-0.3, -0.25) is 9.88 Å². The zero-order chi connectivity index (χ0) is 17.4. The summed E-state index contributed by atoms with van der Waals surface area (Å²) in [6, 6.07) is 13.1. The average molecular weight is 334 g/mol. The fourth-order valence-electron chi connectivity index (χ4n) is 4.10. The highest BCUT2D eigenvalue weighted by molar-refractivity contribution is 5.74. The highest BCUT2D eigenvalue weighted by Gasteiger charge is 2.28. The lowest BCUT2D eigenvalue weighted by Gasteiger charge is -2.22. The Bertz CT molecular complexity index is 829. The lowest BCUT2D eigenvalue weighted by atomic mass is 9.98. The van der Waals surface area contributed by atoms with E-state index in [9.17, 15) is 0 Å². The van der Waals surface area contributed by atoms with E-state index in [4.69, 9.17) is 4.98 Å². The molecule has 130 valence electrons. The van der Waals surface area contributed by atoms with Gasteiger partial charge in [0.15, 0.2) is 0 Å². The van der Waals surface area contributed by atoms with Gasteiger partial charge in [0.25, 0.3) is 0 Å². The van der Waals surface area contributed by atoms with Gasteiger partial charge in [-0.05, 0) is 75.9 Å². The van der Waals surface area contributed by atoms with Crippen molar-refractivity contribution in [3.63, 3.8) is 0 Å². The van der Waals surface area contributed by atoms with Gasteiger partial charge in [-0.15, -0.1) is 0 Å². The van der Waals surface area contributed by atoms with Gasteiger partial charge in [0.1, 0.15) is 5.82 Å². The number of pyridine rings is 1. The second kappa shape index (κ2) is 6.60. The monoisotopic (exact) mass is 334 g/mol. The van der Waals surface area contributed by atoms with Crippen LogP contribution >= 0.6 is 0 Å². The Morgan fingerprint density at radius 3 is 2.68 bits per heavy atom. The molecule has 25 heavy (non-hydrogen) atoms. The molecule has 2 unspecified atom stereocenters. The zero-order valence-corrected chi connectivity index (χ0v) is 15.3. The molecule has 0 saturated carbocycles. The summed E-state index contributed by atoms with van der Waals surface area (Å²) >= 11 is 0. The van der Waals surface area contributed by atoms with E-state index in [0.29, 0.717) is 12.0 Å². The Balaban J connectivity index is 1.44. The van der Waals surface area contributed by atoms with E-state index >= 15 is 0 Å². The number of hydrogen-bond donors (Lipinski definition) is 1. The number of H-pyrrole nitrogens is 1. The number of para-hydroxylation sites is 2. The Morgan fingerprint density at radius 1 is 1.16 bits per heavy atom. The van der Waals surface area contributed by atoms with Crippen molar-refractivity contribution in [2.75, 3.05) is 13.1 Å². The van der Waals surface area contributed by atoms with E-state index in [1.54, 1.807) is 0 Å². The highest BCUT2D eigenvalue weighted by atomic mass is 15.2. The molecular formula is C21H26N4. The van der Waals surface area contributed by atoms with Crippen LogP contribution in [0.1, 0.15) is 42.2 Å². The summed E-state index contributed by atoms with van der Waals surface area (Å²) in [4.78, 5) is 15.3. The summed E-state index contributed by atoms with van der Waals surface area (Å²) in [5.41, 5.74) is 5.86. The number of aryl methyl sites for hydroxylation is 2. The third-order valence-electron chi connectivity index (χ3n) is 5.33.